The Kier molecular flexibility index (Phi) is 4.16. The second kappa shape index (κ2) is 4.91. The monoisotopic (exact) mass is 264 g/mol. The summed E-state index contributed by atoms with van der Waals surface area (Å²) >= 11 is 0. The molecule has 6 nitrogen and oxygen atoms in total. The SMILES string of the molecule is CC(C)(C)N1CCN(S(=O)(=O)CC(=O)O)CC1. The minimum absolute atomic E-state index is 0.0165. The van der Waals surface area contributed by atoms with Gasteiger partial charge in [0, 0.05) is 31.7 Å². The first-order chi connectivity index (χ1) is 7.63. The van der Waals surface area contributed by atoms with E-state index in [0.717, 1.165) is 0 Å². The molecule has 7 heteroatoms. The maximum atomic E-state index is 11.7. The van der Waals surface area contributed by atoms with Gasteiger partial charge in [-0.15, -0.1) is 0 Å². The molecule has 0 aliphatic carbocycles. The summed E-state index contributed by atoms with van der Waals surface area (Å²) in [4.78, 5) is 12.7. The van der Waals surface area contributed by atoms with E-state index in [1.165, 1.54) is 4.31 Å². The summed E-state index contributed by atoms with van der Waals surface area (Å²) in [7, 11) is -3.64. The number of carbonyl (C=O) groups is 1. The summed E-state index contributed by atoms with van der Waals surface area (Å²) in [5.41, 5.74) is 0.0165. The van der Waals surface area contributed by atoms with E-state index < -0.39 is 21.7 Å². The Labute approximate surface area is 102 Å². The van der Waals surface area contributed by atoms with E-state index in [1.54, 1.807) is 0 Å². The number of sulfonamides is 1. The molecule has 1 aliphatic rings. The zero-order valence-electron chi connectivity index (χ0n) is 10.5. The lowest BCUT2D eigenvalue weighted by molar-refractivity contribution is -0.134. The van der Waals surface area contributed by atoms with Crippen molar-refractivity contribution in [2.75, 3.05) is 31.9 Å². The molecule has 17 heavy (non-hydrogen) atoms. The Morgan fingerprint density at radius 3 is 2.00 bits per heavy atom. The third-order valence-corrected chi connectivity index (χ3v) is 4.65. The maximum Gasteiger partial charge on any atom is 0.320 e. The molecule has 0 aromatic heterocycles. The summed E-state index contributed by atoms with van der Waals surface area (Å²) in [6.45, 7) is 8.25. The maximum absolute atomic E-state index is 11.7. The molecular weight excluding hydrogens is 244 g/mol. The predicted octanol–water partition coefficient (Wildman–Crippen LogP) is -0.183. The molecule has 0 bridgehead atoms. The van der Waals surface area contributed by atoms with Crippen LogP contribution in [0.2, 0.25) is 0 Å². The van der Waals surface area contributed by atoms with Gasteiger partial charge in [-0.05, 0) is 20.8 Å². The smallest absolute Gasteiger partial charge is 0.320 e. The lowest BCUT2D eigenvalue weighted by Crippen LogP contribution is -2.55. The highest BCUT2D eigenvalue weighted by atomic mass is 32.2. The molecule has 100 valence electrons. The first-order valence-corrected chi connectivity index (χ1v) is 7.18. The van der Waals surface area contributed by atoms with E-state index >= 15 is 0 Å². The Bertz CT molecular complexity index is 378. The zero-order chi connectivity index (χ0) is 13.3. The van der Waals surface area contributed by atoms with Gasteiger partial charge in [0.05, 0.1) is 0 Å². The second-order valence-corrected chi connectivity index (χ2v) is 7.18. The van der Waals surface area contributed by atoms with Gasteiger partial charge in [0.15, 0.2) is 5.75 Å². The van der Waals surface area contributed by atoms with Gasteiger partial charge in [-0.3, -0.25) is 9.69 Å². The van der Waals surface area contributed by atoms with E-state index in [2.05, 4.69) is 25.7 Å². The van der Waals surface area contributed by atoms with Crippen LogP contribution in [0, 0.1) is 0 Å². The molecule has 0 saturated carbocycles. The largest absolute Gasteiger partial charge is 0.480 e. The van der Waals surface area contributed by atoms with Crippen molar-refractivity contribution >= 4 is 16.0 Å². The molecule has 0 amide bonds. The second-order valence-electron chi connectivity index (χ2n) is 5.21. The van der Waals surface area contributed by atoms with Gasteiger partial charge in [-0.2, -0.15) is 4.31 Å². The number of rotatable bonds is 3. The molecule has 1 aliphatic heterocycles. The van der Waals surface area contributed by atoms with Crippen LogP contribution >= 0.6 is 0 Å². The van der Waals surface area contributed by atoms with Gasteiger partial charge in [-0.1, -0.05) is 0 Å². The molecule has 1 rings (SSSR count). The molecule has 0 atom stereocenters. The van der Waals surface area contributed by atoms with Crippen molar-refractivity contribution in [1.29, 1.82) is 0 Å². The molecule has 0 aromatic rings. The zero-order valence-corrected chi connectivity index (χ0v) is 11.3. The summed E-state index contributed by atoms with van der Waals surface area (Å²) < 4.78 is 24.6. The van der Waals surface area contributed by atoms with Crippen LogP contribution in [-0.4, -0.2) is 66.2 Å². The van der Waals surface area contributed by atoms with Crippen molar-refractivity contribution in [1.82, 2.24) is 9.21 Å². The summed E-state index contributed by atoms with van der Waals surface area (Å²) in [6, 6.07) is 0. The van der Waals surface area contributed by atoms with Crippen molar-refractivity contribution < 1.29 is 18.3 Å². The highest BCUT2D eigenvalue weighted by Gasteiger charge is 2.32. The highest BCUT2D eigenvalue weighted by molar-refractivity contribution is 7.89. The number of aliphatic carboxylic acids is 1. The van der Waals surface area contributed by atoms with Gasteiger partial charge in [0.2, 0.25) is 10.0 Å². The van der Waals surface area contributed by atoms with E-state index in [0.29, 0.717) is 26.2 Å². The van der Waals surface area contributed by atoms with E-state index in [1.807, 2.05) is 0 Å². The van der Waals surface area contributed by atoms with Crippen LogP contribution < -0.4 is 0 Å². The topological polar surface area (TPSA) is 77.9 Å². The highest BCUT2D eigenvalue weighted by Crippen LogP contribution is 2.17. The van der Waals surface area contributed by atoms with Crippen LogP contribution in [-0.2, 0) is 14.8 Å². The average Bonchev–Trinajstić information content (AvgIpc) is 2.14. The Morgan fingerprint density at radius 1 is 1.18 bits per heavy atom. The van der Waals surface area contributed by atoms with Crippen LogP contribution in [0.5, 0.6) is 0 Å². The molecule has 1 N–H and O–H groups in total. The standard InChI is InChI=1S/C10H20N2O4S/c1-10(2,3)11-4-6-12(7-5-11)17(15,16)8-9(13)14/h4-8H2,1-3H3,(H,13,14). The average molecular weight is 264 g/mol. The van der Waals surface area contributed by atoms with Crippen molar-refractivity contribution in [3.63, 3.8) is 0 Å². The van der Waals surface area contributed by atoms with Crippen molar-refractivity contribution in [2.24, 2.45) is 0 Å². The molecule has 1 fully saturated rings. The van der Waals surface area contributed by atoms with Crippen LogP contribution in [0.3, 0.4) is 0 Å². The third kappa shape index (κ3) is 3.93. The lowest BCUT2D eigenvalue weighted by atomic mass is 10.1. The van der Waals surface area contributed by atoms with Gasteiger partial charge < -0.3 is 5.11 Å². The quantitative estimate of drug-likeness (QED) is 0.765. The number of hydrogen-bond acceptors (Lipinski definition) is 4. The van der Waals surface area contributed by atoms with Crippen LogP contribution in [0.25, 0.3) is 0 Å². The number of carboxylic acids is 1. The van der Waals surface area contributed by atoms with Crippen LogP contribution in [0.15, 0.2) is 0 Å². The lowest BCUT2D eigenvalue weighted by Gasteiger charge is -2.41. The molecule has 1 heterocycles. The van der Waals surface area contributed by atoms with Crippen LogP contribution in [0.4, 0.5) is 0 Å². The molecule has 0 radical (unpaired) electrons. The normalized spacial score (nSPS) is 20.4. The van der Waals surface area contributed by atoms with Crippen molar-refractivity contribution in [3.8, 4) is 0 Å². The fourth-order valence-corrected chi connectivity index (χ4v) is 3.10. The number of hydrogen-bond donors (Lipinski definition) is 1. The van der Waals surface area contributed by atoms with Gasteiger partial charge >= 0.3 is 5.97 Å². The Morgan fingerprint density at radius 2 is 1.65 bits per heavy atom. The molecule has 1 saturated heterocycles. The van der Waals surface area contributed by atoms with Gasteiger partial charge in [-0.25, -0.2) is 8.42 Å². The first kappa shape index (κ1) is 14.4. The van der Waals surface area contributed by atoms with Crippen molar-refractivity contribution in [2.45, 2.75) is 26.3 Å². The summed E-state index contributed by atoms with van der Waals surface area (Å²) in [6.07, 6.45) is 0. The van der Waals surface area contributed by atoms with Crippen LogP contribution in [0.1, 0.15) is 20.8 Å². The minimum Gasteiger partial charge on any atom is -0.480 e. The molecule has 0 aromatic carbocycles. The Balaban J connectivity index is 2.61. The number of carboxylic acid groups (broad SMARTS) is 1. The van der Waals surface area contributed by atoms with Gasteiger partial charge in [0.1, 0.15) is 0 Å². The number of piperazine rings is 1. The summed E-state index contributed by atoms with van der Waals surface area (Å²) in [5, 5.41) is 8.54. The fourth-order valence-electron chi connectivity index (χ4n) is 1.88. The van der Waals surface area contributed by atoms with E-state index in [4.69, 9.17) is 5.11 Å². The molecule has 0 unspecified atom stereocenters. The van der Waals surface area contributed by atoms with E-state index in [-0.39, 0.29) is 5.54 Å². The fraction of sp³-hybridized carbons (Fsp3) is 0.900. The Hall–Kier alpha value is -0.660. The number of nitrogens with zero attached hydrogens (tertiary/aromatic N) is 2. The van der Waals surface area contributed by atoms with E-state index in [9.17, 15) is 13.2 Å². The van der Waals surface area contributed by atoms with Gasteiger partial charge in [0.25, 0.3) is 0 Å². The van der Waals surface area contributed by atoms with Crippen molar-refractivity contribution in [3.05, 3.63) is 0 Å². The first-order valence-electron chi connectivity index (χ1n) is 5.57. The predicted molar refractivity (Wildman–Crippen MR) is 64.3 cm³/mol. The molecule has 0 spiro atoms. The third-order valence-electron chi connectivity index (χ3n) is 2.89. The summed E-state index contributed by atoms with van der Waals surface area (Å²) in [5.74, 6) is -2.12. The molecular formula is C10H20N2O4S. The minimum atomic E-state index is -3.64.